The zero-order valence-electron chi connectivity index (χ0n) is 18.2. The molecule has 168 valence electrons. The molecule has 33 heavy (non-hydrogen) atoms. The molecule has 0 saturated carbocycles. The van der Waals surface area contributed by atoms with Crippen molar-refractivity contribution in [3.8, 4) is 28.6 Å². The van der Waals surface area contributed by atoms with Gasteiger partial charge >= 0.3 is 6.03 Å². The quantitative estimate of drug-likeness (QED) is 0.568. The number of nitrogens with one attached hydrogen (secondary N) is 1. The van der Waals surface area contributed by atoms with Crippen LogP contribution in [0.5, 0.6) is 17.2 Å². The molecule has 0 spiro atoms. The van der Waals surface area contributed by atoms with E-state index in [1.54, 1.807) is 18.1 Å². The summed E-state index contributed by atoms with van der Waals surface area (Å²) in [5, 5.41) is 7.22. The zero-order chi connectivity index (χ0) is 22.9. The van der Waals surface area contributed by atoms with Crippen molar-refractivity contribution in [2.75, 3.05) is 20.4 Å². The van der Waals surface area contributed by atoms with E-state index in [4.69, 9.17) is 18.7 Å². The number of allylic oxidation sites excluding steroid dienone is 1. The Bertz CT molecular complexity index is 1250. The van der Waals surface area contributed by atoms with Gasteiger partial charge in [-0.05, 0) is 42.8 Å². The maximum absolute atomic E-state index is 12.8. The van der Waals surface area contributed by atoms with Crippen molar-refractivity contribution in [3.63, 3.8) is 0 Å². The Morgan fingerprint density at radius 3 is 2.76 bits per heavy atom. The maximum Gasteiger partial charge on any atom is 0.322 e. The van der Waals surface area contributed by atoms with Crippen LogP contribution in [-0.4, -0.2) is 41.5 Å². The Hall–Kier alpha value is -4.27. The highest BCUT2D eigenvalue weighted by atomic mass is 16.7. The Morgan fingerprint density at radius 2 is 2.00 bits per heavy atom. The lowest BCUT2D eigenvalue weighted by Gasteiger charge is -2.34. The Balaban J connectivity index is 1.57. The van der Waals surface area contributed by atoms with Gasteiger partial charge in [-0.1, -0.05) is 23.4 Å². The van der Waals surface area contributed by atoms with Crippen molar-refractivity contribution in [2.45, 2.75) is 13.0 Å². The average Bonchev–Trinajstić information content (AvgIpc) is 3.50. The van der Waals surface area contributed by atoms with Crippen LogP contribution in [0.25, 0.3) is 17.0 Å². The Morgan fingerprint density at radius 1 is 1.21 bits per heavy atom. The monoisotopic (exact) mass is 446 g/mol. The number of hydrogen-bond donors (Lipinski definition) is 1. The van der Waals surface area contributed by atoms with Gasteiger partial charge in [0.05, 0.1) is 18.7 Å². The molecule has 3 aromatic rings. The molecule has 0 radical (unpaired) electrons. The fourth-order valence-corrected chi connectivity index (χ4v) is 3.94. The fourth-order valence-electron chi connectivity index (χ4n) is 3.94. The first kappa shape index (κ1) is 20.6. The Labute approximate surface area is 190 Å². The number of carbonyl (C=O) groups excluding carboxylic acids is 1. The van der Waals surface area contributed by atoms with Gasteiger partial charge in [0.1, 0.15) is 5.75 Å². The molecule has 0 fully saturated rings. The van der Waals surface area contributed by atoms with Crippen LogP contribution in [-0.2, 0) is 0 Å². The predicted octanol–water partition coefficient (Wildman–Crippen LogP) is 4.16. The molecule has 2 amide bonds. The summed E-state index contributed by atoms with van der Waals surface area (Å²) in [6, 6.07) is 12.2. The van der Waals surface area contributed by atoms with Gasteiger partial charge in [0.15, 0.2) is 11.5 Å². The van der Waals surface area contributed by atoms with E-state index < -0.39 is 6.04 Å². The van der Waals surface area contributed by atoms with E-state index in [2.05, 4.69) is 22.0 Å². The van der Waals surface area contributed by atoms with Gasteiger partial charge < -0.3 is 24.1 Å². The first-order valence-electron chi connectivity index (χ1n) is 10.4. The SMILES string of the molecule is C=CCN1C(=O)NC(c2ccc(OC)cc2)C(c2nc(-c3ccc4c(c3)OCO4)no2)=C1C. The average molecular weight is 446 g/mol. The zero-order valence-corrected chi connectivity index (χ0v) is 18.2. The molecule has 1 atom stereocenters. The molecule has 2 aliphatic rings. The summed E-state index contributed by atoms with van der Waals surface area (Å²) in [5.74, 6) is 2.75. The summed E-state index contributed by atoms with van der Waals surface area (Å²) < 4.78 is 21.8. The number of amides is 2. The van der Waals surface area contributed by atoms with Gasteiger partial charge in [-0.2, -0.15) is 4.98 Å². The number of hydrogen-bond acceptors (Lipinski definition) is 7. The summed E-state index contributed by atoms with van der Waals surface area (Å²) >= 11 is 0. The number of aromatic nitrogens is 2. The molecule has 0 bridgehead atoms. The summed E-state index contributed by atoms with van der Waals surface area (Å²) in [5.41, 5.74) is 3.01. The molecular formula is C24H22N4O5. The number of urea groups is 1. The number of benzene rings is 2. The lowest BCUT2D eigenvalue weighted by Crippen LogP contribution is -2.46. The molecule has 9 nitrogen and oxygen atoms in total. The lowest BCUT2D eigenvalue weighted by atomic mass is 9.94. The van der Waals surface area contributed by atoms with Gasteiger partial charge in [-0.25, -0.2) is 4.79 Å². The fraction of sp³-hybridized carbons (Fsp3) is 0.208. The van der Waals surface area contributed by atoms with E-state index in [9.17, 15) is 4.79 Å². The van der Waals surface area contributed by atoms with Crippen LogP contribution in [0.15, 0.2) is 65.3 Å². The predicted molar refractivity (Wildman–Crippen MR) is 120 cm³/mol. The van der Waals surface area contributed by atoms with E-state index in [0.717, 1.165) is 16.9 Å². The van der Waals surface area contributed by atoms with Crippen LogP contribution in [0, 0.1) is 0 Å². The maximum atomic E-state index is 12.8. The molecular weight excluding hydrogens is 424 g/mol. The van der Waals surface area contributed by atoms with E-state index in [1.807, 2.05) is 49.4 Å². The molecule has 1 unspecified atom stereocenters. The van der Waals surface area contributed by atoms with Gasteiger partial charge in [0.25, 0.3) is 5.89 Å². The van der Waals surface area contributed by atoms with Crippen molar-refractivity contribution >= 4 is 11.6 Å². The topological polar surface area (TPSA) is 99.0 Å². The molecule has 2 aliphatic heterocycles. The van der Waals surface area contributed by atoms with Crippen molar-refractivity contribution in [3.05, 3.63) is 72.3 Å². The summed E-state index contributed by atoms with van der Waals surface area (Å²) in [7, 11) is 1.61. The third-order valence-corrected chi connectivity index (χ3v) is 5.64. The molecule has 3 heterocycles. The van der Waals surface area contributed by atoms with Gasteiger partial charge in [0.2, 0.25) is 12.6 Å². The van der Waals surface area contributed by atoms with E-state index in [0.29, 0.717) is 41.0 Å². The van der Waals surface area contributed by atoms with Gasteiger partial charge in [-0.15, -0.1) is 6.58 Å². The molecule has 0 saturated heterocycles. The standard InChI is InChI=1S/C24H22N4O5/c1-4-11-28-14(2)20(21(25-24(28)29)15-5-8-17(30-3)9-6-15)23-26-22(27-33-23)16-7-10-18-19(12-16)32-13-31-18/h4-10,12,21H,1,11,13H2,2-3H3,(H,25,29). The number of ether oxygens (including phenoxy) is 3. The third-order valence-electron chi connectivity index (χ3n) is 5.64. The second-order valence-electron chi connectivity index (χ2n) is 7.55. The van der Waals surface area contributed by atoms with E-state index in [1.165, 1.54) is 0 Å². The normalized spacial score (nSPS) is 17.2. The van der Waals surface area contributed by atoms with Crippen LogP contribution in [0.1, 0.15) is 24.4 Å². The molecule has 1 N–H and O–H groups in total. The van der Waals surface area contributed by atoms with E-state index in [-0.39, 0.29) is 12.8 Å². The van der Waals surface area contributed by atoms with Crippen LogP contribution < -0.4 is 19.5 Å². The summed E-state index contributed by atoms with van der Waals surface area (Å²) in [6.45, 7) is 6.15. The van der Waals surface area contributed by atoms with Crippen molar-refractivity contribution in [2.24, 2.45) is 0 Å². The highest BCUT2D eigenvalue weighted by Crippen LogP contribution is 2.39. The van der Waals surface area contributed by atoms with Crippen molar-refractivity contribution < 1.29 is 23.5 Å². The minimum Gasteiger partial charge on any atom is -0.497 e. The van der Waals surface area contributed by atoms with E-state index >= 15 is 0 Å². The number of rotatable bonds is 6. The van der Waals surface area contributed by atoms with Crippen LogP contribution in [0.4, 0.5) is 4.79 Å². The summed E-state index contributed by atoms with van der Waals surface area (Å²) in [6.07, 6.45) is 1.67. The second kappa shape index (κ2) is 8.34. The number of nitrogens with zero attached hydrogens (tertiary/aromatic N) is 3. The smallest absolute Gasteiger partial charge is 0.322 e. The van der Waals surface area contributed by atoms with Gasteiger partial charge in [-0.3, -0.25) is 4.90 Å². The van der Waals surface area contributed by atoms with Crippen molar-refractivity contribution in [1.29, 1.82) is 0 Å². The largest absolute Gasteiger partial charge is 0.497 e. The highest BCUT2D eigenvalue weighted by molar-refractivity contribution is 5.87. The van der Waals surface area contributed by atoms with Crippen molar-refractivity contribution in [1.82, 2.24) is 20.4 Å². The molecule has 5 rings (SSSR count). The minimum atomic E-state index is -0.477. The molecule has 1 aromatic heterocycles. The highest BCUT2D eigenvalue weighted by Gasteiger charge is 2.35. The number of methoxy groups -OCH3 is 1. The lowest BCUT2D eigenvalue weighted by molar-refractivity contribution is 0.174. The first-order valence-corrected chi connectivity index (χ1v) is 10.4. The van der Waals surface area contributed by atoms with Gasteiger partial charge in [0, 0.05) is 17.8 Å². The minimum absolute atomic E-state index is 0.185. The molecule has 0 aliphatic carbocycles. The first-order chi connectivity index (χ1) is 16.1. The van der Waals surface area contributed by atoms with Crippen LogP contribution in [0.2, 0.25) is 0 Å². The number of fused-ring (bicyclic) bond motifs is 1. The molecule has 9 heteroatoms. The second-order valence-corrected chi connectivity index (χ2v) is 7.55. The Kier molecular flexibility index (Phi) is 5.21. The summed E-state index contributed by atoms with van der Waals surface area (Å²) in [4.78, 5) is 19.1. The number of carbonyl (C=O) groups is 1. The third kappa shape index (κ3) is 3.67. The molecule has 2 aromatic carbocycles. The van der Waals surface area contributed by atoms with Crippen LogP contribution >= 0.6 is 0 Å². The van der Waals surface area contributed by atoms with Crippen LogP contribution in [0.3, 0.4) is 0 Å².